The zero-order chi connectivity index (χ0) is 14.8. The molecule has 0 atom stereocenters. The van der Waals surface area contributed by atoms with Gasteiger partial charge in [-0.3, -0.25) is 5.10 Å². The first-order valence-electron chi connectivity index (χ1n) is 5.62. The van der Waals surface area contributed by atoms with Crippen molar-refractivity contribution in [1.29, 1.82) is 5.26 Å². The highest BCUT2D eigenvalue weighted by Gasteiger charge is 2.18. The van der Waals surface area contributed by atoms with Crippen molar-refractivity contribution in [2.75, 3.05) is 0 Å². The first kappa shape index (κ1) is 14.5. The van der Waals surface area contributed by atoms with Crippen molar-refractivity contribution >= 4 is 21.6 Å². The molecule has 0 aliphatic heterocycles. The lowest BCUT2D eigenvalue weighted by Crippen LogP contribution is -2.23. The monoisotopic (exact) mass is 310 g/mol. The molecule has 0 bridgehead atoms. The number of hydrogen-bond acceptors (Lipinski definition) is 4. The Bertz CT molecular complexity index is 777. The molecule has 8 heteroatoms. The maximum absolute atomic E-state index is 12.2. The van der Waals surface area contributed by atoms with Gasteiger partial charge in [0, 0.05) is 17.8 Å². The summed E-state index contributed by atoms with van der Waals surface area (Å²) in [6, 6.07) is 5.97. The second kappa shape index (κ2) is 5.63. The van der Waals surface area contributed by atoms with Crippen molar-refractivity contribution in [2.45, 2.75) is 18.4 Å². The lowest BCUT2D eigenvalue weighted by atomic mass is 10.2. The van der Waals surface area contributed by atoms with E-state index in [-0.39, 0.29) is 22.0 Å². The molecule has 0 fully saturated rings. The average Bonchev–Trinajstić information content (AvgIpc) is 2.82. The molecule has 0 amide bonds. The molecule has 0 unspecified atom stereocenters. The van der Waals surface area contributed by atoms with Crippen LogP contribution in [-0.4, -0.2) is 18.6 Å². The van der Waals surface area contributed by atoms with Gasteiger partial charge < -0.3 is 0 Å². The van der Waals surface area contributed by atoms with Gasteiger partial charge in [0.05, 0.1) is 22.9 Å². The van der Waals surface area contributed by atoms with Crippen LogP contribution in [0.15, 0.2) is 29.3 Å². The number of halogens is 1. The highest BCUT2D eigenvalue weighted by Crippen LogP contribution is 2.22. The molecule has 2 N–H and O–H groups in total. The number of nitrogens with one attached hydrogen (secondary N) is 2. The fraction of sp³-hybridized carbons (Fsp3) is 0.167. The molecule has 0 saturated carbocycles. The second-order valence-corrected chi connectivity index (χ2v) is 6.24. The molecule has 0 saturated heterocycles. The molecule has 1 heterocycles. The molecule has 0 radical (unpaired) electrons. The number of benzene rings is 1. The summed E-state index contributed by atoms with van der Waals surface area (Å²) >= 11 is 5.88. The third-order valence-corrected chi connectivity index (χ3v) is 4.62. The number of rotatable bonds is 4. The Morgan fingerprint density at radius 1 is 1.50 bits per heavy atom. The van der Waals surface area contributed by atoms with Crippen molar-refractivity contribution in [2.24, 2.45) is 0 Å². The number of nitriles is 1. The van der Waals surface area contributed by atoms with E-state index in [4.69, 9.17) is 16.9 Å². The van der Waals surface area contributed by atoms with E-state index in [1.807, 2.05) is 6.07 Å². The van der Waals surface area contributed by atoms with E-state index in [0.717, 1.165) is 11.3 Å². The number of sulfonamides is 1. The largest absolute Gasteiger partial charge is 0.283 e. The minimum Gasteiger partial charge on any atom is -0.283 e. The van der Waals surface area contributed by atoms with Gasteiger partial charge in [0.25, 0.3) is 0 Å². The lowest BCUT2D eigenvalue weighted by Gasteiger charge is -2.08. The van der Waals surface area contributed by atoms with Gasteiger partial charge in [0.15, 0.2) is 0 Å². The van der Waals surface area contributed by atoms with Crippen LogP contribution in [0.1, 0.15) is 16.8 Å². The Hall–Kier alpha value is -1.88. The minimum atomic E-state index is -3.79. The summed E-state index contributed by atoms with van der Waals surface area (Å²) in [7, 11) is -3.79. The average molecular weight is 311 g/mol. The van der Waals surface area contributed by atoms with Crippen LogP contribution < -0.4 is 4.72 Å². The molecule has 0 aliphatic carbocycles. The first-order valence-corrected chi connectivity index (χ1v) is 7.48. The predicted molar refractivity (Wildman–Crippen MR) is 73.5 cm³/mol. The van der Waals surface area contributed by atoms with E-state index in [1.54, 1.807) is 13.1 Å². The molecular weight excluding hydrogens is 300 g/mol. The molecular formula is C12H11ClN4O2S. The van der Waals surface area contributed by atoms with Crippen LogP contribution in [0.3, 0.4) is 0 Å². The second-order valence-electron chi connectivity index (χ2n) is 4.10. The molecule has 0 aliphatic rings. The van der Waals surface area contributed by atoms with Gasteiger partial charge in [-0.25, -0.2) is 13.1 Å². The van der Waals surface area contributed by atoms with Crippen molar-refractivity contribution < 1.29 is 8.42 Å². The quantitative estimate of drug-likeness (QED) is 0.898. The summed E-state index contributed by atoms with van der Waals surface area (Å²) in [6.07, 6.45) is 1.55. The maximum Gasteiger partial charge on any atom is 0.242 e. The van der Waals surface area contributed by atoms with E-state index in [1.165, 1.54) is 18.2 Å². The smallest absolute Gasteiger partial charge is 0.242 e. The number of aromatic amines is 1. The summed E-state index contributed by atoms with van der Waals surface area (Å²) in [6.45, 7) is 1.89. The molecule has 0 spiro atoms. The number of nitrogens with zero attached hydrogens (tertiary/aromatic N) is 2. The van der Waals surface area contributed by atoms with Gasteiger partial charge in [-0.15, -0.1) is 0 Å². The van der Waals surface area contributed by atoms with E-state index in [9.17, 15) is 8.42 Å². The van der Waals surface area contributed by atoms with Crippen molar-refractivity contribution in [3.63, 3.8) is 0 Å². The van der Waals surface area contributed by atoms with E-state index in [0.29, 0.717) is 0 Å². The lowest BCUT2D eigenvalue weighted by molar-refractivity contribution is 0.581. The van der Waals surface area contributed by atoms with Crippen molar-refractivity contribution in [1.82, 2.24) is 14.9 Å². The predicted octanol–water partition coefficient (Wildman–Crippen LogP) is 1.72. The maximum atomic E-state index is 12.2. The van der Waals surface area contributed by atoms with Crippen LogP contribution >= 0.6 is 11.6 Å². The standard InChI is InChI=1S/C12H11ClN4O2S/c1-8-10(6-15-17-8)7-16-20(18,19)12-4-9(5-14)2-3-11(12)13/h2-4,6,16H,7H2,1H3,(H,15,17). The number of aryl methyl sites for hydroxylation is 1. The van der Waals surface area contributed by atoms with Gasteiger partial charge in [0.1, 0.15) is 4.90 Å². The van der Waals surface area contributed by atoms with Crippen molar-refractivity contribution in [3.05, 3.63) is 46.2 Å². The normalized spacial score (nSPS) is 11.2. The zero-order valence-corrected chi connectivity index (χ0v) is 12.1. The van der Waals surface area contributed by atoms with Crippen LogP contribution in [0.4, 0.5) is 0 Å². The summed E-state index contributed by atoms with van der Waals surface area (Å²) in [5, 5.41) is 15.4. The Kier molecular flexibility index (Phi) is 4.09. The van der Waals surface area contributed by atoms with Crippen LogP contribution in [0, 0.1) is 18.3 Å². The summed E-state index contributed by atoms with van der Waals surface area (Å²) in [4.78, 5) is -0.112. The Balaban J connectivity index is 2.27. The molecule has 104 valence electrons. The summed E-state index contributed by atoms with van der Waals surface area (Å²) in [5.41, 5.74) is 1.75. The van der Waals surface area contributed by atoms with Gasteiger partial charge in [-0.2, -0.15) is 10.4 Å². The van der Waals surface area contributed by atoms with E-state index < -0.39 is 10.0 Å². The Morgan fingerprint density at radius 3 is 2.85 bits per heavy atom. The molecule has 6 nitrogen and oxygen atoms in total. The van der Waals surface area contributed by atoms with Crippen molar-refractivity contribution in [3.8, 4) is 6.07 Å². The summed E-state index contributed by atoms with van der Waals surface area (Å²) in [5.74, 6) is 0. The van der Waals surface area contributed by atoms with Crippen LogP contribution in [-0.2, 0) is 16.6 Å². The highest BCUT2D eigenvalue weighted by atomic mass is 35.5. The Labute approximate surface area is 121 Å². The molecule has 1 aromatic heterocycles. The molecule has 20 heavy (non-hydrogen) atoms. The zero-order valence-electron chi connectivity index (χ0n) is 10.5. The third-order valence-electron chi connectivity index (χ3n) is 2.74. The van der Waals surface area contributed by atoms with Gasteiger partial charge in [-0.1, -0.05) is 11.6 Å². The molecule has 2 rings (SSSR count). The number of aromatic nitrogens is 2. The van der Waals surface area contributed by atoms with Crippen LogP contribution in [0.5, 0.6) is 0 Å². The van der Waals surface area contributed by atoms with E-state index in [2.05, 4.69) is 14.9 Å². The minimum absolute atomic E-state index is 0.0698. The number of H-pyrrole nitrogens is 1. The molecule has 1 aromatic carbocycles. The Morgan fingerprint density at radius 2 is 2.25 bits per heavy atom. The SMILES string of the molecule is Cc1[nH]ncc1CNS(=O)(=O)c1cc(C#N)ccc1Cl. The topological polar surface area (TPSA) is 98.6 Å². The third kappa shape index (κ3) is 2.99. The van der Waals surface area contributed by atoms with Crippen LogP contribution in [0.25, 0.3) is 0 Å². The molecule has 2 aromatic rings. The highest BCUT2D eigenvalue weighted by molar-refractivity contribution is 7.89. The number of hydrogen-bond donors (Lipinski definition) is 2. The fourth-order valence-electron chi connectivity index (χ4n) is 1.58. The first-order chi connectivity index (χ1) is 9.44. The van der Waals surface area contributed by atoms with E-state index >= 15 is 0 Å². The van der Waals surface area contributed by atoms with Gasteiger partial charge in [0.2, 0.25) is 10.0 Å². The van der Waals surface area contributed by atoms with Gasteiger partial charge in [-0.05, 0) is 25.1 Å². The fourth-order valence-corrected chi connectivity index (χ4v) is 3.11. The van der Waals surface area contributed by atoms with Gasteiger partial charge >= 0.3 is 0 Å². The van der Waals surface area contributed by atoms with Crippen LogP contribution in [0.2, 0.25) is 5.02 Å². The summed E-state index contributed by atoms with van der Waals surface area (Å²) < 4.78 is 26.8.